The van der Waals surface area contributed by atoms with Gasteiger partial charge in [-0.1, -0.05) is 18.2 Å². The zero-order valence-corrected chi connectivity index (χ0v) is 11.7. The van der Waals surface area contributed by atoms with Crippen LogP contribution in [0.1, 0.15) is 17.2 Å². The molecule has 1 atom stereocenters. The van der Waals surface area contributed by atoms with Gasteiger partial charge in [0.1, 0.15) is 0 Å². The third-order valence-corrected chi connectivity index (χ3v) is 3.46. The molecule has 2 N–H and O–H groups in total. The lowest BCUT2D eigenvalue weighted by Crippen LogP contribution is -2.21. The number of benzene rings is 2. The summed E-state index contributed by atoms with van der Waals surface area (Å²) in [5.74, 6) is -0.512. The van der Waals surface area contributed by atoms with Gasteiger partial charge in [0.05, 0.1) is 6.10 Å². The van der Waals surface area contributed by atoms with Crippen LogP contribution in [0.4, 0.5) is 8.78 Å². The van der Waals surface area contributed by atoms with Gasteiger partial charge in [0.2, 0.25) is 6.79 Å². The van der Waals surface area contributed by atoms with E-state index in [4.69, 9.17) is 9.47 Å². The third kappa shape index (κ3) is 3.03. The monoisotopic (exact) mass is 307 g/mol. The van der Waals surface area contributed by atoms with Gasteiger partial charge in [-0.2, -0.15) is 0 Å². The van der Waals surface area contributed by atoms with E-state index in [-0.39, 0.29) is 13.3 Å². The zero-order chi connectivity index (χ0) is 15.5. The molecule has 1 aliphatic heterocycles. The van der Waals surface area contributed by atoms with Crippen molar-refractivity contribution < 1.29 is 23.4 Å². The minimum Gasteiger partial charge on any atom is -0.454 e. The fourth-order valence-electron chi connectivity index (χ4n) is 2.31. The maximum Gasteiger partial charge on any atom is 0.231 e. The molecule has 1 heterocycles. The van der Waals surface area contributed by atoms with Gasteiger partial charge in [-0.15, -0.1) is 0 Å². The largest absolute Gasteiger partial charge is 0.454 e. The number of para-hydroxylation sites is 1. The Bertz CT molecular complexity index is 678. The Kier molecular flexibility index (Phi) is 4.22. The molecule has 2 aromatic carbocycles. The second-order valence-electron chi connectivity index (χ2n) is 4.97. The molecule has 6 heteroatoms. The van der Waals surface area contributed by atoms with Crippen LogP contribution in [0.2, 0.25) is 0 Å². The van der Waals surface area contributed by atoms with Crippen molar-refractivity contribution in [1.82, 2.24) is 5.32 Å². The first-order valence-corrected chi connectivity index (χ1v) is 6.86. The van der Waals surface area contributed by atoms with E-state index in [1.54, 1.807) is 0 Å². The molecule has 1 aliphatic rings. The molecule has 3 rings (SSSR count). The molecule has 22 heavy (non-hydrogen) atoms. The number of aliphatic hydroxyl groups is 1. The van der Waals surface area contributed by atoms with Crippen molar-refractivity contribution in [3.8, 4) is 11.5 Å². The average molecular weight is 307 g/mol. The van der Waals surface area contributed by atoms with E-state index < -0.39 is 17.7 Å². The normalized spacial score (nSPS) is 14.1. The highest BCUT2D eigenvalue weighted by atomic mass is 19.2. The van der Waals surface area contributed by atoms with Crippen molar-refractivity contribution >= 4 is 0 Å². The maximum absolute atomic E-state index is 13.1. The smallest absolute Gasteiger partial charge is 0.231 e. The summed E-state index contributed by atoms with van der Waals surface area (Å²) in [7, 11) is 0. The first-order chi connectivity index (χ1) is 10.6. The van der Waals surface area contributed by atoms with Gasteiger partial charge < -0.3 is 19.9 Å². The Balaban J connectivity index is 1.59. The van der Waals surface area contributed by atoms with Gasteiger partial charge in [0, 0.05) is 18.7 Å². The van der Waals surface area contributed by atoms with E-state index >= 15 is 0 Å². The van der Waals surface area contributed by atoms with Crippen LogP contribution in [0.3, 0.4) is 0 Å². The number of fused-ring (bicyclic) bond motifs is 1. The van der Waals surface area contributed by atoms with E-state index in [0.29, 0.717) is 23.6 Å². The summed E-state index contributed by atoms with van der Waals surface area (Å²) < 4.78 is 36.7. The number of hydrogen-bond donors (Lipinski definition) is 2. The van der Waals surface area contributed by atoms with Gasteiger partial charge in [0.15, 0.2) is 23.1 Å². The highest BCUT2D eigenvalue weighted by molar-refractivity contribution is 5.48. The summed E-state index contributed by atoms with van der Waals surface area (Å²) in [6.45, 7) is 0.868. The number of rotatable bonds is 5. The first-order valence-electron chi connectivity index (χ1n) is 6.86. The molecule has 116 valence electrons. The van der Waals surface area contributed by atoms with Crippen molar-refractivity contribution in [3.63, 3.8) is 0 Å². The molecule has 0 aromatic heterocycles. The highest BCUT2D eigenvalue weighted by Gasteiger charge is 2.17. The Morgan fingerprint density at radius 3 is 2.82 bits per heavy atom. The molecular weight excluding hydrogens is 292 g/mol. The lowest BCUT2D eigenvalue weighted by Gasteiger charge is -2.13. The minimum absolute atomic E-state index is 0.198. The van der Waals surface area contributed by atoms with Crippen molar-refractivity contribution in [1.29, 1.82) is 0 Å². The summed E-state index contributed by atoms with van der Waals surface area (Å²) in [6, 6.07) is 8.94. The number of hydrogen-bond acceptors (Lipinski definition) is 4. The van der Waals surface area contributed by atoms with E-state index in [1.165, 1.54) is 6.07 Å². The highest BCUT2D eigenvalue weighted by Crippen LogP contribution is 2.35. The van der Waals surface area contributed by atoms with E-state index in [1.807, 2.05) is 18.2 Å². The molecule has 0 bridgehead atoms. The van der Waals surface area contributed by atoms with Crippen molar-refractivity contribution in [2.75, 3.05) is 13.3 Å². The zero-order valence-electron chi connectivity index (χ0n) is 11.7. The molecule has 0 aliphatic carbocycles. The van der Waals surface area contributed by atoms with Crippen LogP contribution in [0.25, 0.3) is 0 Å². The first kappa shape index (κ1) is 14.7. The Morgan fingerprint density at radius 2 is 2.00 bits per heavy atom. The molecule has 0 saturated carbocycles. The molecule has 0 amide bonds. The van der Waals surface area contributed by atoms with E-state index in [0.717, 1.165) is 17.7 Å². The quantitative estimate of drug-likeness (QED) is 0.891. The van der Waals surface area contributed by atoms with Crippen LogP contribution in [-0.4, -0.2) is 18.4 Å². The van der Waals surface area contributed by atoms with Crippen molar-refractivity contribution in [2.45, 2.75) is 12.6 Å². The second kappa shape index (κ2) is 6.29. The summed E-state index contributed by atoms with van der Waals surface area (Å²) in [4.78, 5) is 0. The predicted molar refractivity (Wildman–Crippen MR) is 75.6 cm³/mol. The molecule has 2 aromatic rings. The van der Waals surface area contributed by atoms with Crippen LogP contribution >= 0.6 is 0 Å². The molecule has 1 unspecified atom stereocenters. The Labute approximate surface area is 126 Å². The van der Waals surface area contributed by atoms with Gasteiger partial charge in [-0.05, 0) is 23.8 Å². The number of aliphatic hydroxyl groups excluding tert-OH is 1. The topological polar surface area (TPSA) is 50.7 Å². The van der Waals surface area contributed by atoms with Crippen LogP contribution < -0.4 is 14.8 Å². The lowest BCUT2D eigenvalue weighted by molar-refractivity contribution is 0.170. The maximum atomic E-state index is 13.1. The van der Waals surface area contributed by atoms with Crippen LogP contribution in [-0.2, 0) is 6.54 Å². The number of halogens is 2. The molecular formula is C16H15F2NO3. The molecule has 0 fully saturated rings. The molecule has 0 spiro atoms. The molecule has 0 radical (unpaired) electrons. The van der Waals surface area contributed by atoms with Crippen molar-refractivity contribution in [2.24, 2.45) is 0 Å². The predicted octanol–water partition coefficient (Wildman–Crippen LogP) is 2.52. The van der Waals surface area contributed by atoms with Crippen LogP contribution in [0.5, 0.6) is 11.5 Å². The summed E-state index contributed by atoms with van der Waals surface area (Å²) in [6.07, 6.45) is -0.927. The van der Waals surface area contributed by atoms with Crippen LogP contribution in [0.15, 0.2) is 36.4 Å². The minimum atomic E-state index is -0.969. The van der Waals surface area contributed by atoms with E-state index in [9.17, 15) is 13.9 Å². The van der Waals surface area contributed by atoms with Gasteiger partial charge >= 0.3 is 0 Å². The summed E-state index contributed by atoms with van der Waals surface area (Å²) in [5.41, 5.74) is 1.23. The van der Waals surface area contributed by atoms with Crippen molar-refractivity contribution in [3.05, 3.63) is 59.2 Å². The SMILES string of the molecule is OC(CNCc1cccc2c1OCO2)c1ccc(F)c(F)c1. The third-order valence-electron chi connectivity index (χ3n) is 3.46. The fourth-order valence-corrected chi connectivity index (χ4v) is 2.31. The number of ether oxygens (including phenoxy) is 2. The second-order valence-corrected chi connectivity index (χ2v) is 4.97. The van der Waals surface area contributed by atoms with Crippen LogP contribution in [0, 0.1) is 11.6 Å². The van der Waals surface area contributed by atoms with Gasteiger partial charge in [-0.3, -0.25) is 0 Å². The lowest BCUT2D eigenvalue weighted by atomic mass is 10.1. The van der Waals surface area contributed by atoms with Gasteiger partial charge in [-0.25, -0.2) is 8.78 Å². The molecule has 0 saturated heterocycles. The Hall–Kier alpha value is -2.18. The average Bonchev–Trinajstić information content (AvgIpc) is 2.99. The number of nitrogens with one attached hydrogen (secondary N) is 1. The van der Waals surface area contributed by atoms with E-state index in [2.05, 4.69) is 5.32 Å². The summed E-state index contributed by atoms with van der Waals surface area (Å²) >= 11 is 0. The Morgan fingerprint density at radius 1 is 1.14 bits per heavy atom. The fraction of sp³-hybridized carbons (Fsp3) is 0.250. The standard InChI is InChI=1S/C16H15F2NO3/c17-12-5-4-10(6-13(12)18)14(20)8-19-7-11-2-1-3-15-16(11)22-9-21-15/h1-6,14,19-20H,7-9H2. The molecule has 4 nitrogen and oxygen atoms in total. The summed E-state index contributed by atoms with van der Waals surface area (Å²) in [5, 5.41) is 13.1. The van der Waals surface area contributed by atoms with Gasteiger partial charge in [0.25, 0.3) is 0 Å².